The van der Waals surface area contributed by atoms with E-state index in [1.807, 2.05) is 0 Å². The van der Waals surface area contributed by atoms with Crippen molar-refractivity contribution in [1.29, 1.82) is 0 Å². The molecule has 2 rings (SSSR count). The molecule has 0 saturated carbocycles. The van der Waals surface area contributed by atoms with E-state index >= 15 is 0 Å². The van der Waals surface area contributed by atoms with Gasteiger partial charge in [-0.25, -0.2) is 4.79 Å². The van der Waals surface area contributed by atoms with Gasteiger partial charge >= 0.3 is 12.1 Å². The van der Waals surface area contributed by atoms with Crippen LogP contribution in [-0.2, 0) is 15.7 Å². The van der Waals surface area contributed by atoms with Gasteiger partial charge in [-0.15, -0.1) is 0 Å². The van der Waals surface area contributed by atoms with Gasteiger partial charge in [-0.3, -0.25) is 9.59 Å². The van der Waals surface area contributed by atoms with Crippen molar-refractivity contribution < 1.29 is 32.3 Å². The lowest BCUT2D eigenvalue weighted by Gasteiger charge is -2.14. The van der Waals surface area contributed by atoms with Crippen LogP contribution in [0.1, 0.15) is 33.2 Å². The molecule has 0 aliphatic rings. The molecule has 2 aromatic carbocycles. The highest BCUT2D eigenvalue weighted by Crippen LogP contribution is 2.30. The Morgan fingerprint density at radius 2 is 1.77 bits per heavy atom. The highest BCUT2D eigenvalue weighted by molar-refractivity contribution is 5.97. The summed E-state index contributed by atoms with van der Waals surface area (Å²) in [6.07, 6.45) is -5.16. The number of aldehydes is 1. The number of ether oxygens (including phenoxy) is 1. The van der Waals surface area contributed by atoms with Crippen molar-refractivity contribution in [3.63, 3.8) is 0 Å². The topological polar surface area (TPSA) is 72.5 Å². The van der Waals surface area contributed by atoms with Crippen LogP contribution in [-0.4, -0.2) is 24.3 Å². The minimum atomic E-state index is -4.54. The Bertz CT molecular complexity index is 816. The summed E-state index contributed by atoms with van der Waals surface area (Å²) >= 11 is 0. The van der Waals surface area contributed by atoms with E-state index in [0.29, 0.717) is 11.8 Å². The average molecular weight is 365 g/mol. The lowest BCUT2D eigenvalue weighted by molar-refractivity contribution is -0.137. The van der Waals surface area contributed by atoms with Crippen LogP contribution < -0.4 is 5.32 Å². The number of amides is 1. The van der Waals surface area contributed by atoms with Gasteiger partial charge in [-0.05, 0) is 37.3 Å². The molecular formula is C18H14F3NO4. The van der Waals surface area contributed by atoms with Crippen molar-refractivity contribution in [2.24, 2.45) is 0 Å². The first kappa shape index (κ1) is 19.2. The molecule has 1 atom stereocenters. The Kier molecular flexibility index (Phi) is 5.76. The Morgan fingerprint density at radius 3 is 2.35 bits per heavy atom. The largest absolute Gasteiger partial charge is 0.449 e. The fourth-order valence-corrected chi connectivity index (χ4v) is 2.00. The lowest BCUT2D eigenvalue weighted by Crippen LogP contribution is -2.30. The quantitative estimate of drug-likeness (QED) is 0.648. The molecule has 0 aliphatic heterocycles. The third-order valence-electron chi connectivity index (χ3n) is 3.39. The zero-order valence-corrected chi connectivity index (χ0v) is 13.5. The molecule has 0 fully saturated rings. The second kappa shape index (κ2) is 7.81. The number of carbonyl (C=O) groups is 3. The number of anilines is 1. The summed E-state index contributed by atoms with van der Waals surface area (Å²) in [6, 6.07) is 9.66. The average Bonchev–Trinajstić information content (AvgIpc) is 2.61. The number of halogens is 3. The fraction of sp³-hybridized carbons (Fsp3) is 0.167. The second-order valence-corrected chi connectivity index (χ2v) is 5.36. The predicted octanol–water partition coefficient (Wildman–Crippen LogP) is 3.70. The van der Waals surface area contributed by atoms with Crippen molar-refractivity contribution in [2.75, 3.05) is 5.32 Å². The van der Waals surface area contributed by atoms with Gasteiger partial charge in [0, 0.05) is 11.3 Å². The summed E-state index contributed by atoms with van der Waals surface area (Å²) < 4.78 is 43.0. The maximum atomic E-state index is 12.7. The predicted molar refractivity (Wildman–Crippen MR) is 86.8 cm³/mol. The first-order chi connectivity index (χ1) is 12.2. The van der Waals surface area contributed by atoms with Gasteiger partial charge in [0.15, 0.2) is 6.10 Å². The second-order valence-electron chi connectivity index (χ2n) is 5.36. The van der Waals surface area contributed by atoms with Crippen LogP contribution in [0.2, 0.25) is 0 Å². The van der Waals surface area contributed by atoms with Gasteiger partial charge in [0.25, 0.3) is 5.91 Å². The van der Waals surface area contributed by atoms with Gasteiger partial charge in [0.05, 0.1) is 11.1 Å². The van der Waals surface area contributed by atoms with Crippen molar-refractivity contribution >= 4 is 23.9 Å². The molecule has 0 saturated heterocycles. The number of benzene rings is 2. The molecular weight excluding hydrogens is 351 g/mol. The van der Waals surface area contributed by atoms with E-state index in [1.54, 1.807) is 0 Å². The molecule has 26 heavy (non-hydrogen) atoms. The third-order valence-corrected chi connectivity index (χ3v) is 3.39. The van der Waals surface area contributed by atoms with Crippen molar-refractivity contribution in [2.45, 2.75) is 19.2 Å². The number of carbonyl (C=O) groups excluding carboxylic acids is 3. The van der Waals surface area contributed by atoms with Crippen LogP contribution in [0.25, 0.3) is 0 Å². The number of esters is 1. The van der Waals surface area contributed by atoms with Gasteiger partial charge in [-0.1, -0.05) is 18.2 Å². The molecule has 0 aromatic heterocycles. The zero-order chi connectivity index (χ0) is 19.3. The molecule has 2 aromatic rings. The molecule has 1 amide bonds. The number of rotatable bonds is 5. The van der Waals surface area contributed by atoms with E-state index in [2.05, 4.69) is 5.32 Å². The van der Waals surface area contributed by atoms with Gasteiger partial charge in [0.1, 0.15) is 6.29 Å². The van der Waals surface area contributed by atoms with Gasteiger partial charge in [0.2, 0.25) is 0 Å². The summed E-state index contributed by atoms with van der Waals surface area (Å²) in [5.74, 6) is -1.57. The van der Waals surface area contributed by atoms with Gasteiger partial charge in [-0.2, -0.15) is 13.2 Å². The maximum absolute atomic E-state index is 12.7. The normalized spacial score (nSPS) is 12.2. The SMILES string of the molecule is C[C@H](OC(=O)c1ccc(C=O)cc1)C(=O)Nc1cccc(C(F)(F)F)c1. The minimum absolute atomic E-state index is 0.0666. The standard InChI is InChI=1S/C18H14F3NO4/c1-11(26-17(25)13-7-5-12(10-23)6-8-13)16(24)22-15-4-2-3-14(9-15)18(19,20)21/h2-11H,1H3,(H,22,24)/t11-/m0/s1. The van der Waals surface area contributed by atoms with E-state index in [-0.39, 0.29) is 11.3 Å². The molecule has 1 N–H and O–H groups in total. The number of hydrogen-bond acceptors (Lipinski definition) is 4. The molecule has 0 radical (unpaired) electrons. The number of hydrogen-bond donors (Lipinski definition) is 1. The summed E-state index contributed by atoms with van der Waals surface area (Å²) in [7, 11) is 0. The first-order valence-corrected chi connectivity index (χ1v) is 7.45. The highest BCUT2D eigenvalue weighted by atomic mass is 19.4. The molecule has 0 bridgehead atoms. The molecule has 5 nitrogen and oxygen atoms in total. The highest BCUT2D eigenvalue weighted by Gasteiger charge is 2.30. The Hall–Kier alpha value is -3.16. The molecule has 136 valence electrons. The maximum Gasteiger partial charge on any atom is 0.416 e. The van der Waals surface area contributed by atoms with E-state index in [4.69, 9.17) is 4.74 Å². The van der Waals surface area contributed by atoms with Gasteiger partial charge < -0.3 is 10.1 Å². The van der Waals surface area contributed by atoms with E-state index in [0.717, 1.165) is 18.2 Å². The monoisotopic (exact) mass is 365 g/mol. The minimum Gasteiger partial charge on any atom is -0.449 e. The summed E-state index contributed by atoms with van der Waals surface area (Å²) in [5, 5.41) is 2.27. The Labute approximate surface area is 146 Å². The number of nitrogens with one attached hydrogen (secondary N) is 1. The van der Waals surface area contributed by atoms with E-state index in [9.17, 15) is 27.6 Å². The molecule has 0 unspecified atom stereocenters. The fourth-order valence-electron chi connectivity index (χ4n) is 2.00. The van der Waals surface area contributed by atoms with Crippen molar-refractivity contribution in [1.82, 2.24) is 0 Å². The van der Waals surface area contributed by atoms with Crippen molar-refractivity contribution in [3.8, 4) is 0 Å². The zero-order valence-electron chi connectivity index (χ0n) is 13.5. The summed E-state index contributed by atoms with van der Waals surface area (Å²) in [4.78, 5) is 34.6. The van der Waals surface area contributed by atoms with Crippen LogP contribution >= 0.6 is 0 Å². The lowest BCUT2D eigenvalue weighted by atomic mass is 10.1. The molecule has 0 spiro atoms. The third kappa shape index (κ3) is 4.92. The van der Waals surface area contributed by atoms with Crippen LogP contribution in [0.15, 0.2) is 48.5 Å². The van der Waals surface area contributed by atoms with Crippen LogP contribution in [0.3, 0.4) is 0 Å². The number of alkyl halides is 3. The van der Waals surface area contributed by atoms with E-state index in [1.165, 1.54) is 37.3 Å². The molecule has 0 aliphatic carbocycles. The Morgan fingerprint density at radius 1 is 1.12 bits per heavy atom. The smallest absolute Gasteiger partial charge is 0.416 e. The first-order valence-electron chi connectivity index (χ1n) is 7.45. The van der Waals surface area contributed by atoms with Crippen LogP contribution in [0, 0.1) is 0 Å². The Balaban J connectivity index is 2.01. The molecule has 0 heterocycles. The van der Waals surface area contributed by atoms with Crippen LogP contribution in [0.4, 0.5) is 18.9 Å². The molecule has 8 heteroatoms. The van der Waals surface area contributed by atoms with Crippen molar-refractivity contribution in [3.05, 3.63) is 65.2 Å². The summed E-state index contributed by atoms with van der Waals surface area (Å²) in [5.41, 5.74) is -0.468. The van der Waals surface area contributed by atoms with E-state index < -0.39 is 29.7 Å². The van der Waals surface area contributed by atoms with Crippen LogP contribution in [0.5, 0.6) is 0 Å². The summed E-state index contributed by atoms with van der Waals surface area (Å²) in [6.45, 7) is 1.29.